The number of nitrogens with one attached hydrogen (secondary N) is 1. The Morgan fingerprint density at radius 3 is 2.36 bits per heavy atom. The Balaban J connectivity index is 2.53. The smallest absolute Gasteiger partial charge is 0.263 e. The summed E-state index contributed by atoms with van der Waals surface area (Å²) in [6, 6.07) is 4.09. The Bertz CT molecular complexity index is 860. The summed E-state index contributed by atoms with van der Waals surface area (Å²) in [4.78, 5) is -0.454. The number of nitrogen functional groups attached to an aromatic ring is 1. The van der Waals surface area contributed by atoms with E-state index >= 15 is 0 Å². The molecule has 3 N–H and O–H groups in total. The summed E-state index contributed by atoms with van der Waals surface area (Å²) < 4.78 is 66.1. The van der Waals surface area contributed by atoms with Crippen LogP contribution in [0.4, 0.5) is 24.5 Å². The van der Waals surface area contributed by atoms with E-state index in [1.807, 2.05) is 0 Å². The van der Waals surface area contributed by atoms with Crippen LogP contribution in [0.3, 0.4) is 0 Å². The second-order valence-corrected chi connectivity index (χ2v) is 6.54. The van der Waals surface area contributed by atoms with Crippen molar-refractivity contribution in [3.63, 3.8) is 0 Å². The molecule has 4 nitrogen and oxygen atoms in total. The first kappa shape index (κ1) is 16.7. The van der Waals surface area contributed by atoms with Gasteiger partial charge in [-0.3, -0.25) is 4.72 Å². The van der Waals surface area contributed by atoms with Gasteiger partial charge < -0.3 is 5.73 Å². The maximum atomic E-state index is 13.8. The molecule has 0 amide bonds. The van der Waals surface area contributed by atoms with E-state index in [1.54, 1.807) is 4.72 Å². The highest BCUT2D eigenvalue weighted by Gasteiger charge is 2.24. The van der Waals surface area contributed by atoms with E-state index in [1.165, 1.54) is 12.1 Å². The minimum absolute atomic E-state index is 0.0465. The van der Waals surface area contributed by atoms with Crippen molar-refractivity contribution in [2.45, 2.75) is 4.90 Å². The van der Waals surface area contributed by atoms with Gasteiger partial charge in [0.25, 0.3) is 10.0 Å². The van der Waals surface area contributed by atoms with Gasteiger partial charge in [-0.15, -0.1) is 0 Å². The average Bonchev–Trinajstić information content (AvgIpc) is 2.45. The zero-order valence-corrected chi connectivity index (χ0v) is 12.8. The predicted octanol–water partition coefficient (Wildman–Crippen LogP) is 3.79. The van der Waals surface area contributed by atoms with Crippen molar-refractivity contribution in [2.75, 3.05) is 10.5 Å². The lowest BCUT2D eigenvalue weighted by molar-refractivity contribution is 0.501. The highest BCUT2D eigenvalue weighted by Crippen LogP contribution is 2.32. The molecule has 0 radical (unpaired) electrons. The van der Waals surface area contributed by atoms with Crippen molar-refractivity contribution in [1.82, 2.24) is 0 Å². The van der Waals surface area contributed by atoms with Crippen LogP contribution in [0, 0.1) is 17.5 Å². The Morgan fingerprint density at radius 1 is 1.09 bits per heavy atom. The first-order chi connectivity index (χ1) is 10.1. The molecule has 0 aliphatic rings. The number of hydrogen-bond donors (Lipinski definition) is 2. The van der Waals surface area contributed by atoms with Gasteiger partial charge in [-0.2, -0.15) is 0 Å². The summed E-state index contributed by atoms with van der Waals surface area (Å²) in [6.07, 6.45) is 0. The second-order valence-electron chi connectivity index (χ2n) is 4.11. The molecule has 0 atom stereocenters. The third kappa shape index (κ3) is 2.94. The van der Waals surface area contributed by atoms with E-state index in [-0.39, 0.29) is 10.0 Å². The molecule has 22 heavy (non-hydrogen) atoms. The lowest BCUT2D eigenvalue weighted by Gasteiger charge is -2.12. The van der Waals surface area contributed by atoms with Gasteiger partial charge in [-0.05, 0) is 12.1 Å². The fourth-order valence-electron chi connectivity index (χ4n) is 1.59. The molecule has 0 aliphatic carbocycles. The summed E-state index contributed by atoms with van der Waals surface area (Å²) in [5.41, 5.74) is 3.03. The van der Waals surface area contributed by atoms with Gasteiger partial charge in [0.15, 0.2) is 17.5 Å². The zero-order chi connectivity index (χ0) is 16.7. The highest BCUT2D eigenvalue weighted by molar-refractivity contribution is 7.92. The van der Waals surface area contributed by atoms with E-state index in [0.717, 1.165) is 6.07 Å². The number of rotatable bonds is 3. The number of hydrogen-bond acceptors (Lipinski definition) is 3. The molecule has 2 aromatic rings. The molecule has 0 spiro atoms. The van der Waals surface area contributed by atoms with Gasteiger partial charge >= 0.3 is 0 Å². The molecule has 0 saturated heterocycles. The minimum Gasteiger partial charge on any atom is -0.394 e. The van der Waals surface area contributed by atoms with Gasteiger partial charge in [0.1, 0.15) is 10.6 Å². The van der Waals surface area contributed by atoms with E-state index in [4.69, 9.17) is 28.9 Å². The van der Waals surface area contributed by atoms with Crippen molar-refractivity contribution in [3.8, 4) is 0 Å². The first-order valence-corrected chi connectivity index (χ1v) is 7.79. The first-order valence-electron chi connectivity index (χ1n) is 5.55. The Hall–Kier alpha value is -1.64. The van der Waals surface area contributed by atoms with Gasteiger partial charge in [0, 0.05) is 6.07 Å². The number of sulfonamides is 1. The summed E-state index contributed by atoms with van der Waals surface area (Å²) in [5, 5.41) is -0.345. The molecule has 0 aliphatic heterocycles. The van der Waals surface area contributed by atoms with Crippen LogP contribution in [0.15, 0.2) is 29.2 Å². The Labute approximate surface area is 133 Å². The number of anilines is 2. The van der Waals surface area contributed by atoms with Crippen LogP contribution in [0.2, 0.25) is 10.0 Å². The number of benzene rings is 2. The van der Waals surface area contributed by atoms with Crippen molar-refractivity contribution >= 4 is 44.6 Å². The fraction of sp³-hybridized carbons (Fsp3) is 0. The van der Waals surface area contributed by atoms with Crippen molar-refractivity contribution in [3.05, 3.63) is 51.8 Å². The largest absolute Gasteiger partial charge is 0.394 e. The average molecular weight is 371 g/mol. The monoisotopic (exact) mass is 370 g/mol. The molecule has 0 bridgehead atoms. The summed E-state index contributed by atoms with van der Waals surface area (Å²) in [5.74, 6) is -4.56. The van der Waals surface area contributed by atoms with Crippen LogP contribution in [0.25, 0.3) is 0 Å². The molecule has 2 rings (SSSR count). The van der Waals surface area contributed by atoms with Gasteiger partial charge in [-0.1, -0.05) is 29.3 Å². The maximum Gasteiger partial charge on any atom is 0.263 e. The van der Waals surface area contributed by atoms with Gasteiger partial charge in [0.05, 0.1) is 15.7 Å². The van der Waals surface area contributed by atoms with Crippen LogP contribution >= 0.6 is 23.2 Å². The van der Waals surface area contributed by atoms with Crippen LogP contribution in [0.1, 0.15) is 0 Å². The van der Waals surface area contributed by atoms with Crippen LogP contribution < -0.4 is 10.5 Å². The predicted molar refractivity (Wildman–Crippen MR) is 78.0 cm³/mol. The number of halogens is 5. The molecule has 0 fully saturated rings. The fourth-order valence-corrected chi connectivity index (χ4v) is 3.40. The third-order valence-corrected chi connectivity index (χ3v) is 4.98. The van der Waals surface area contributed by atoms with E-state index in [2.05, 4.69) is 0 Å². The third-order valence-electron chi connectivity index (χ3n) is 2.64. The van der Waals surface area contributed by atoms with Crippen molar-refractivity contribution < 1.29 is 21.6 Å². The van der Waals surface area contributed by atoms with Crippen LogP contribution in [0.5, 0.6) is 0 Å². The summed E-state index contributed by atoms with van der Waals surface area (Å²) in [7, 11) is -4.39. The number of nitrogens with two attached hydrogens (primary N) is 1. The van der Waals surface area contributed by atoms with Crippen molar-refractivity contribution in [2.24, 2.45) is 0 Å². The van der Waals surface area contributed by atoms with E-state index in [0.29, 0.717) is 6.07 Å². The van der Waals surface area contributed by atoms with Crippen molar-refractivity contribution in [1.29, 1.82) is 0 Å². The Morgan fingerprint density at radius 2 is 1.73 bits per heavy atom. The molecule has 0 saturated carbocycles. The molecule has 118 valence electrons. The quantitative estimate of drug-likeness (QED) is 0.637. The SMILES string of the molecule is Nc1c(F)c(F)cc(NS(=O)(=O)c2cccc(Cl)c2Cl)c1F. The second kappa shape index (κ2) is 5.86. The minimum atomic E-state index is -4.39. The summed E-state index contributed by atoms with van der Waals surface area (Å²) >= 11 is 11.5. The molecule has 0 unspecified atom stereocenters. The maximum absolute atomic E-state index is 13.8. The molecular formula is C12H7Cl2F3N2O2S. The molecular weight excluding hydrogens is 364 g/mol. The lowest BCUT2D eigenvalue weighted by Crippen LogP contribution is -2.16. The van der Waals surface area contributed by atoms with Gasteiger partial charge in [-0.25, -0.2) is 21.6 Å². The topological polar surface area (TPSA) is 72.2 Å². The van der Waals surface area contributed by atoms with E-state index in [9.17, 15) is 21.6 Å². The molecule has 2 aromatic carbocycles. The molecule has 0 heterocycles. The highest BCUT2D eigenvalue weighted by atomic mass is 35.5. The van der Waals surface area contributed by atoms with Crippen LogP contribution in [-0.4, -0.2) is 8.42 Å². The zero-order valence-electron chi connectivity index (χ0n) is 10.5. The standard InChI is InChI=1S/C12H7Cl2F3N2O2S/c13-5-2-1-3-8(9(5)14)22(20,21)19-7-4-6(15)10(16)12(18)11(7)17/h1-4,19H,18H2. The lowest BCUT2D eigenvalue weighted by atomic mass is 10.2. The molecule has 10 heteroatoms. The summed E-state index contributed by atoms with van der Waals surface area (Å²) in [6.45, 7) is 0. The van der Waals surface area contributed by atoms with Gasteiger partial charge in [0.2, 0.25) is 0 Å². The molecule has 0 aromatic heterocycles. The van der Waals surface area contributed by atoms with E-state index < -0.39 is 43.7 Å². The normalized spacial score (nSPS) is 11.5. The Kier molecular flexibility index (Phi) is 4.46. The van der Waals surface area contributed by atoms with Crippen LogP contribution in [-0.2, 0) is 10.0 Å².